The van der Waals surface area contributed by atoms with E-state index < -0.39 is 0 Å². The van der Waals surface area contributed by atoms with Gasteiger partial charge >= 0.3 is 0 Å². The predicted octanol–water partition coefficient (Wildman–Crippen LogP) is 9.58. The number of anilines is 2. The van der Waals surface area contributed by atoms with Crippen LogP contribution in [0.25, 0.3) is 43.1 Å². The van der Waals surface area contributed by atoms with E-state index in [0.717, 1.165) is 171 Å². The zero-order valence-electron chi connectivity index (χ0n) is 31.2. The van der Waals surface area contributed by atoms with Gasteiger partial charge in [-0.2, -0.15) is 0 Å². The number of amides is 4. The Kier molecular flexibility index (Phi) is 7.51. The summed E-state index contributed by atoms with van der Waals surface area (Å²) in [6.45, 7) is 3.58. The van der Waals surface area contributed by atoms with Crippen LogP contribution < -0.4 is 9.80 Å². The Hall–Kier alpha value is -4.72. The molecule has 54 heavy (non-hydrogen) atoms. The highest BCUT2D eigenvalue weighted by molar-refractivity contribution is 6.44. The second-order valence-electron chi connectivity index (χ2n) is 17.1. The molecule has 2 saturated heterocycles. The summed E-state index contributed by atoms with van der Waals surface area (Å²) in [6, 6.07) is 12.2. The van der Waals surface area contributed by atoms with Gasteiger partial charge in [-0.3, -0.25) is 29.0 Å². The third kappa shape index (κ3) is 4.54. The maximum atomic E-state index is 14.8. The van der Waals surface area contributed by atoms with Crippen LogP contribution in [0.5, 0.6) is 0 Å². The molecule has 4 fully saturated rings. The molecule has 2 saturated carbocycles. The molecule has 276 valence electrons. The number of hydrogen-bond donors (Lipinski definition) is 0. The number of carbonyl (C=O) groups is 4. The van der Waals surface area contributed by atoms with Crippen LogP contribution in [0.3, 0.4) is 0 Å². The Morgan fingerprint density at radius 2 is 0.722 bits per heavy atom. The van der Waals surface area contributed by atoms with Crippen molar-refractivity contribution in [2.45, 2.75) is 115 Å². The fourth-order valence-electron chi connectivity index (χ4n) is 11.6. The van der Waals surface area contributed by atoms with Gasteiger partial charge in [0, 0.05) is 93.1 Å². The van der Waals surface area contributed by atoms with Crippen molar-refractivity contribution in [1.29, 1.82) is 0 Å². The molecule has 0 spiro atoms. The zero-order chi connectivity index (χ0) is 36.2. The Morgan fingerprint density at radius 1 is 0.370 bits per heavy atom. The van der Waals surface area contributed by atoms with Crippen molar-refractivity contribution >= 4 is 78.1 Å². The van der Waals surface area contributed by atoms with Crippen LogP contribution in [-0.2, 0) is 0 Å². The van der Waals surface area contributed by atoms with Crippen molar-refractivity contribution in [1.82, 2.24) is 9.80 Å². The normalized spacial score (nSPS) is 21.9. The number of carbonyl (C=O) groups excluding carboxylic acids is 4. The predicted molar refractivity (Wildman–Crippen MR) is 215 cm³/mol. The second-order valence-corrected chi connectivity index (χ2v) is 17.1. The van der Waals surface area contributed by atoms with E-state index in [1.54, 1.807) is 9.80 Å². The first-order valence-electron chi connectivity index (χ1n) is 21.0. The molecular formula is C46H48N4O4. The van der Waals surface area contributed by atoms with Crippen LogP contribution in [0, 0.1) is 0 Å². The Labute approximate surface area is 315 Å². The average molecular weight is 721 g/mol. The summed E-state index contributed by atoms with van der Waals surface area (Å²) in [5.74, 6) is -0.664. The molecular weight excluding hydrogens is 673 g/mol. The first kappa shape index (κ1) is 32.7. The monoisotopic (exact) mass is 720 g/mol. The number of benzene rings is 5. The topological polar surface area (TPSA) is 81.2 Å². The first-order chi connectivity index (χ1) is 26.5. The molecule has 5 aromatic rings. The fourth-order valence-corrected chi connectivity index (χ4v) is 11.6. The van der Waals surface area contributed by atoms with E-state index >= 15 is 0 Å². The van der Waals surface area contributed by atoms with Crippen LogP contribution >= 0.6 is 0 Å². The third-order valence-corrected chi connectivity index (χ3v) is 14.1. The number of imide groups is 2. The van der Waals surface area contributed by atoms with Gasteiger partial charge in [-0.15, -0.1) is 0 Å². The lowest BCUT2D eigenvalue weighted by Gasteiger charge is -2.39. The Balaban J connectivity index is 1.27. The van der Waals surface area contributed by atoms with Gasteiger partial charge in [0.25, 0.3) is 23.6 Å². The molecule has 8 heteroatoms. The summed E-state index contributed by atoms with van der Waals surface area (Å²) < 4.78 is 0. The van der Waals surface area contributed by atoms with Gasteiger partial charge in [-0.1, -0.05) is 50.7 Å². The summed E-state index contributed by atoms with van der Waals surface area (Å²) >= 11 is 0. The van der Waals surface area contributed by atoms with Gasteiger partial charge in [-0.25, -0.2) is 0 Å². The van der Waals surface area contributed by atoms with Gasteiger partial charge in [0.15, 0.2) is 0 Å². The van der Waals surface area contributed by atoms with E-state index in [1.165, 1.54) is 12.8 Å². The van der Waals surface area contributed by atoms with Gasteiger partial charge < -0.3 is 9.80 Å². The summed E-state index contributed by atoms with van der Waals surface area (Å²) in [5.41, 5.74) is 4.59. The molecule has 0 radical (unpaired) electrons. The van der Waals surface area contributed by atoms with Gasteiger partial charge in [0.05, 0.1) is 11.1 Å². The standard InChI is InChI=1S/C46H48N4O4/c51-43-31-19-17-29-30-18-20-32-38-34(46(54)50(44(32)52)28-15-7-2-8-16-28)26-36(48-23-11-4-12-24-48)42(40(30)38)41-35(47-21-9-3-10-22-47)25-33(37(31)39(29)41)45(53)49(43)27-13-5-1-6-14-27/h17-20,25-28H,1-16,21-24H2. The minimum Gasteiger partial charge on any atom is -0.371 e. The van der Waals surface area contributed by atoms with Gasteiger partial charge in [-0.05, 0) is 99.2 Å². The number of fused-ring (bicyclic) bond motifs is 2. The first-order valence-corrected chi connectivity index (χ1v) is 21.0. The summed E-state index contributed by atoms with van der Waals surface area (Å²) in [4.78, 5) is 66.9. The minimum absolute atomic E-state index is 0.0709. The zero-order valence-corrected chi connectivity index (χ0v) is 31.2. The van der Waals surface area contributed by atoms with E-state index in [-0.39, 0.29) is 35.7 Å². The van der Waals surface area contributed by atoms with Crippen LogP contribution in [0.2, 0.25) is 0 Å². The van der Waals surface area contributed by atoms with E-state index in [9.17, 15) is 19.2 Å². The summed E-state index contributed by atoms with van der Waals surface area (Å²) in [7, 11) is 0. The Morgan fingerprint density at radius 3 is 1.11 bits per heavy atom. The molecule has 6 aliphatic rings. The number of nitrogens with zero attached hydrogens (tertiary/aromatic N) is 4. The van der Waals surface area contributed by atoms with Crippen molar-refractivity contribution in [3.05, 3.63) is 58.7 Å². The van der Waals surface area contributed by atoms with Crippen molar-refractivity contribution < 1.29 is 19.2 Å². The molecule has 0 bridgehead atoms. The van der Waals surface area contributed by atoms with Crippen LogP contribution in [0.15, 0.2) is 36.4 Å². The molecule has 11 rings (SSSR count). The molecule has 4 amide bonds. The van der Waals surface area contributed by atoms with Crippen LogP contribution in [-0.4, -0.2) is 71.7 Å². The van der Waals surface area contributed by atoms with Crippen LogP contribution in [0.4, 0.5) is 11.4 Å². The molecule has 4 aliphatic heterocycles. The smallest absolute Gasteiger partial charge is 0.261 e. The molecule has 0 atom stereocenters. The maximum Gasteiger partial charge on any atom is 0.261 e. The molecule has 4 heterocycles. The lowest BCUT2D eigenvalue weighted by molar-refractivity contribution is 0.0487. The quantitative estimate of drug-likeness (QED) is 0.105. The molecule has 0 N–H and O–H groups in total. The van der Waals surface area contributed by atoms with Crippen molar-refractivity contribution in [3.63, 3.8) is 0 Å². The SMILES string of the molecule is O=C1c2ccc3c4ccc5c6c(cc(N7CCCCC7)c(c7c(N8CCCCC8)cc(c2c37)C(=O)N1C1CCCCC1)c64)C(=O)N(C1CCCCC1)C5=O. The summed E-state index contributed by atoms with van der Waals surface area (Å²) in [5, 5.41) is 7.56. The maximum absolute atomic E-state index is 14.8. The molecule has 0 aromatic heterocycles. The largest absolute Gasteiger partial charge is 0.371 e. The molecule has 2 aliphatic carbocycles. The van der Waals surface area contributed by atoms with E-state index in [4.69, 9.17) is 0 Å². The van der Waals surface area contributed by atoms with Gasteiger partial charge in [0.2, 0.25) is 0 Å². The third-order valence-electron chi connectivity index (χ3n) is 14.1. The van der Waals surface area contributed by atoms with Gasteiger partial charge in [0.1, 0.15) is 0 Å². The average Bonchev–Trinajstić information content (AvgIpc) is 3.22. The van der Waals surface area contributed by atoms with E-state index in [2.05, 4.69) is 34.1 Å². The highest BCUT2D eigenvalue weighted by Gasteiger charge is 2.43. The minimum atomic E-state index is -0.172. The highest BCUT2D eigenvalue weighted by atomic mass is 16.2. The fraction of sp³-hybridized carbons (Fsp3) is 0.478. The van der Waals surface area contributed by atoms with Crippen molar-refractivity contribution in [2.24, 2.45) is 0 Å². The Bertz CT molecular complexity index is 2260. The lowest BCUT2D eigenvalue weighted by atomic mass is 9.79. The number of hydrogen-bond acceptors (Lipinski definition) is 6. The molecule has 8 nitrogen and oxygen atoms in total. The highest BCUT2D eigenvalue weighted by Crippen LogP contribution is 2.53. The van der Waals surface area contributed by atoms with Crippen molar-refractivity contribution in [3.8, 4) is 0 Å². The van der Waals surface area contributed by atoms with E-state index in [1.807, 2.05) is 12.1 Å². The number of rotatable bonds is 4. The molecule has 0 unspecified atom stereocenters. The lowest BCUT2D eigenvalue weighted by Crippen LogP contribution is -2.48. The second kappa shape index (κ2) is 12.4. The van der Waals surface area contributed by atoms with E-state index in [0.29, 0.717) is 22.3 Å². The summed E-state index contributed by atoms with van der Waals surface area (Å²) in [6.07, 6.45) is 16.5. The number of piperidine rings is 2. The molecule has 5 aromatic carbocycles. The van der Waals surface area contributed by atoms with Crippen molar-refractivity contribution in [2.75, 3.05) is 36.0 Å². The van der Waals surface area contributed by atoms with Crippen LogP contribution in [0.1, 0.15) is 144 Å².